The lowest BCUT2D eigenvalue weighted by Gasteiger charge is -2.10. The number of methoxy groups -OCH3 is 1. The number of halogens is 2. The van der Waals surface area contributed by atoms with E-state index >= 15 is 0 Å². The van der Waals surface area contributed by atoms with Crippen LogP contribution in [-0.2, 0) is 25.8 Å². The highest BCUT2D eigenvalue weighted by molar-refractivity contribution is 6.43. The third-order valence-electron chi connectivity index (χ3n) is 4.96. The molecule has 0 aromatic heterocycles. The first-order chi connectivity index (χ1) is 14.5. The Balaban J connectivity index is 1.69. The van der Waals surface area contributed by atoms with Gasteiger partial charge >= 0.3 is 5.97 Å². The van der Waals surface area contributed by atoms with E-state index in [1.807, 2.05) is 0 Å². The van der Waals surface area contributed by atoms with Crippen LogP contribution in [0.5, 0.6) is 0 Å². The SMILES string of the molecule is CO/N=C(/C(=O)OC)c1ccccc1CO/N=C(\C)[C@@H]1C[C@H]1c1c(F)cccc1F. The van der Waals surface area contributed by atoms with E-state index in [2.05, 4.69) is 10.3 Å². The summed E-state index contributed by atoms with van der Waals surface area (Å²) >= 11 is 0. The van der Waals surface area contributed by atoms with Crippen molar-refractivity contribution in [2.24, 2.45) is 16.2 Å². The monoisotopic (exact) mass is 416 g/mol. The van der Waals surface area contributed by atoms with E-state index in [1.165, 1.54) is 32.4 Å². The molecule has 0 saturated heterocycles. The normalized spacial score (nSPS) is 18.7. The first kappa shape index (κ1) is 21.4. The predicted octanol–water partition coefficient (Wildman–Crippen LogP) is 4.18. The Labute approximate surface area is 173 Å². The van der Waals surface area contributed by atoms with Gasteiger partial charge in [-0.1, -0.05) is 40.6 Å². The van der Waals surface area contributed by atoms with E-state index in [-0.39, 0.29) is 29.7 Å². The van der Waals surface area contributed by atoms with Gasteiger partial charge in [0.2, 0.25) is 0 Å². The van der Waals surface area contributed by atoms with Crippen LogP contribution in [0.25, 0.3) is 0 Å². The van der Waals surface area contributed by atoms with E-state index in [4.69, 9.17) is 14.4 Å². The summed E-state index contributed by atoms with van der Waals surface area (Å²) in [7, 11) is 2.59. The molecular weight excluding hydrogens is 394 g/mol. The molecular formula is C22H22F2N2O4. The maximum atomic E-state index is 14.0. The molecule has 1 fully saturated rings. The zero-order valence-corrected chi connectivity index (χ0v) is 16.9. The minimum atomic E-state index is -0.642. The molecule has 0 spiro atoms. The molecule has 2 aromatic carbocycles. The number of rotatable bonds is 8. The van der Waals surface area contributed by atoms with E-state index in [0.717, 1.165) is 0 Å². The fourth-order valence-corrected chi connectivity index (χ4v) is 3.37. The van der Waals surface area contributed by atoms with Crippen LogP contribution >= 0.6 is 0 Å². The van der Waals surface area contributed by atoms with Crippen molar-refractivity contribution in [3.8, 4) is 0 Å². The summed E-state index contributed by atoms with van der Waals surface area (Å²) in [5.74, 6) is -2.05. The Morgan fingerprint density at radius 2 is 1.77 bits per heavy atom. The number of esters is 1. The number of oxime groups is 2. The summed E-state index contributed by atoms with van der Waals surface area (Å²) in [6.07, 6.45) is 0.611. The average Bonchev–Trinajstić information content (AvgIpc) is 3.52. The van der Waals surface area contributed by atoms with Gasteiger partial charge in [0.05, 0.1) is 12.8 Å². The molecule has 158 valence electrons. The van der Waals surface area contributed by atoms with Gasteiger partial charge in [0.25, 0.3) is 0 Å². The summed E-state index contributed by atoms with van der Waals surface area (Å²) in [4.78, 5) is 22.2. The van der Waals surface area contributed by atoms with Crippen LogP contribution in [0.4, 0.5) is 8.78 Å². The fourth-order valence-electron chi connectivity index (χ4n) is 3.37. The highest BCUT2D eigenvalue weighted by Crippen LogP contribution is 2.49. The molecule has 0 bridgehead atoms. The smallest absolute Gasteiger partial charge is 0.360 e. The second-order valence-corrected chi connectivity index (χ2v) is 6.86. The second-order valence-electron chi connectivity index (χ2n) is 6.86. The molecule has 1 saturated carbocycles. The maximum absolute atomic E-state index is 14.0. The van der Waals surface area contributed by atoms with E-state index in [9.17, 15) is 13.6 Å². The molecule has 30 heavy (non-hydrogen) atoms. The van der Waals surface area contributed by atoms with Crippen molar-refractivity contribution in [3.05, 3.63) is 70.8 Å². The highest BCUT2D eigenvalue weighted by Gasteiger charge is 2.43. The predicted molar refractivity (Wildman–Crippen MR) is 107 cm³/mol. The standard InChI is InChI=1S/C22H22F2N2O4/c1-13(16-11-17(16)20-18(23)9-6-10-19(20)24)25-30-12-14-7-4-5-8-15(14)21(26-29-3)22(27)28-2/h4-10,16-17H,11-12H2,1-3H3/b25-13+,26-21+/t16-,17+/m0/s1. The Hall–Kier alpha value is -3.29. The molecule has 3 rings (SSSR count). The Bertz CT molecular complexity index is 971. The zero-order valence-electron chi connectivity index (χ0n) is 16.9. The molecule has 6 nitrogen and oxygen atoms in total. The van der Waals surface area contributed by atoms with Gasteiger partial charge in [-0.2, -0.15) is 0 Å². The van der Waals surface area contributed by atoms with Crippen LogP contribution in [0.15, 0.2) is 52.8 Å². The number of ether oxygens (including phenoxy) is 1. The number of hydrogen-bond donors (Lipinski definition) is 0. The third-order valence-corrected chi connectivity index (χ3v) is 4.96. The average molecular weight is 416 g/mol. The van der Waals surface area contributed by atoms with Crippen LogP contribution in [0.3, 0.4) is 0 Å². The van der Waals surface area contributed by atoms with Crippen molar-refractivity contribution in [1.82, 2.24) is 0 Å². The van der Waals surface area contributed by atoms with Gasteiger partial charge in [0.15, 0.2) is 5.71 Å². The van der Waals surface area contributed by atoms with Crippen LogP contribution < -0.4 is 0 Å². The molecule has 1 aliphatic rings. The van der Waals surface area contributed by atoms with Gasteiger partial charge in [-0.15, -0.1) is 0 Å². The Kier molecular flexibility index (Phi) is 6.76. The van der Waals surface area contributed by atoms with E-state index in [1.54, 1.807) is 31.2 Å². The van der Waals surface area contributed by atoms with Crippen LogP contribution in [-0.4, -0.2) is 31.6 Å². The number of carbonyl (C=O) groups excluding carboxylic acids is 1. The van der Waals surface area contributed by atoms with Crippen molar-refractivity contribution >= 4 is 17.4 Å². The Morgan fingerprint density at radius 3 is 2.43 bits per heavy atom. The molecule has 0 unspecified atom stereocenters. The lowest BCUT2D eigenvalue weighted by Crippen LogP contribution is -2.19. The number of nitrogens with zero attached hydrogens (tertiary/aromatic N) is 2. The molecule has 0 N–H and O–H groups in total. The first-order valence-corrected chi connectivity index (χ1v) is 9.36. The second kappa shape index (κ2) is 9.47. The van der Waals surface area contributed by atoms with Crippen molar-refractivity contribution in [3.63, 3.8) is 0 Å². The van der Waals surface area contributed by atoms with Crippen LogP contribution in [0, 0.1) is 17.6 Å². The van der Waals surface area contributed by atoms with Gasteiger partial charge in [-0.3, -0.25) is 0 Å². The highest BCUT2D eigenvalue weighted by atomic mass is 19.1. The number of benzene rings is 2. The number of carbonyl (C=O) groups is 1. The molecule has 2 aromatic rings. The van der Waals surface area contributed by atoms with Crippen molar-refractivity contribution in [2.45, 2.75) is 25.9 Å². The quantitative estimate of drug-likeness (QED) is 0.368. The van der Waals surface area contributed by atoms with Crippen LogP contribution in [0.1, 0.15) is 36.0 Å². The number of hydrogen-bond acceptors (Lipinski definition) is 6. The van der Waals surface area contributed by atoms with Crippen molar-refractivity contribution in [2.75, 3.05) is 14.2 Å². The zero-order chi connectivity index (χ0) is 21.7. The largest absolute Gasteiger partial charge is 0.464 e. The van der Waals surface area contributed by atoms with E-state index < -0.39 is 17.6 Å². The summed E-state index contributed by atoms with van der Waals surface area (Å²) in [5.41, 5.74) is 1.91. The van der Waals surface area contributed by atoms with Crippen LogP contribution in [0.2, 0.25) is 0 Å². The minimum Gasteiger partial charge on any atom is -0.464 e. The summed E-state index contributed by atoms with van der Waals surface area (Å²) in [5, 5.41) is 7.86. The lowest BCUT2D eigenvalue weighted by molar-refractivity contribution is -0.132. The summed E-state index contributed by atoms with van der Waals surface area (Å²) in [6.45, 7) is 1.83. The molecule has 0 radical (unpaired) electrons. The van der Waals surface area contributed by atoms with Gasteiger partial charge in [0.1, 0.15) is 25.4 Å². The van der Waals surface area contributed by atoms with Gasteiger partial charge in [-0.25, -0.2) is 13.6 Å². The summed E-state index contributed by atoms with van der Waals surface area (Å²) in [6, 6.07) is 10.9. The van der Waals surface area contributed by atoms with Crippen molar-refractivity contribution < 1.29 is 28.0 Å². The first-order valence-electron chi connectivity index (χ1n) is 9.36. The molecule has 1 aliphatic carbocycles. The van der Waals surface area contributed by atoms with Crippen molar-refractivity contribution in [1.29, 1.82) is 0 Å². The minimum absolute atomic E-state index is 0.0113. The van der Waals surface area contributed by atoms with Gasteiger partial charge in [0, 0.05) is 22.6 Å². The topological polar surface area (TPSA) is 69.5 Å². The molecule has 8 heteroatoms. The molecule has 2 atom stereocenters. The molecule has 0 heterocycles. The molecule has 0 amide bonds. The Morgan fingerprint density at radius 1 is 1.07 bits per heavy atom. The fraction of sp³-hybridized carbons (Fsp3) is 0.318. The van der Waals surface area contributed by atoms with Gasteiger partial charge < -0.3 is 14.4 Å². The summed E-state index contributed by atoms with van der Waals surface area (Å²) < 4.78 is 32.7. The maximum Gasteiger partial charge on any atom is 0.360 e. The third kappa shape index (κ3) is 4.64. The van der Waals surface area contributed by atoms with E-state index in [0.29, 0.717) is 23.3 Å². The van der Waals surface area contributed by atoms with Gasteiger partial charge in [-0.05, 0) is 31.4 Å². The molecule has 0 aliphatic heterocycles. The lowest BCUT2D eigenvalue weighted by atomic mass is 10.0.